The third-order valence-electron chi connectivity index (χ3n) is 5.67. The molecule has 27 heavy (non-hydrogen) atoms. The zero-order chi connectivity index (χ0) is 19.6. The Hall–Kier alpha value is -0.960. The molecule has 0 spiro atoms. The number of likely N-dealkylation sites (tertiary alicyclic amines) is 1. The number of sulfonamides is 1. The lowest BCUT2D eigenvalue weighted by atomic mass is 9.99. The highest BCUT2D eigenvalue weighted by Gasteiger charge is 2.40. The summed E-state index contributed by atoms with van der Waals surface area (Å²) in [5.41, 5.74) is 0. The normalized spacial score (nSPS) is 26.2. The van der Waals surface area contributed by atoms with Gasteiger partial charge in [0, 0.05) is 30.6 Å². The molecule has 2 fully saturated rings. The van der Waals surface area contributed by atoms with Gasteiger partial charge < -0.3 is 5.32 Å². The van der Waals surface area contributed by atoms with Crippen molar-refractivity contribution in [3.63, 3.8) is 0 Å². The lowest BCUT2D eigenvalue weighted by molar-refractivity contribution is -0.124. The highest BCUT2D eigenvalue weighted by Crippen LogP contribution is 2.30. The number of piperidine rings is 1. The average Bonchev–Trinajstić information content (AvgIpc) is 3.29. The molecule has 1 aromatic heterocycles. The molecule has 0 aliphatic carbocycles. The molecule has 6 nitrogen and oxygen atoms in total. The Morgan fingerprint density at radius 2 is 2.04 bits per heavy atom. The molecule has 1 amide bonds. The van der Waals surface area contributed by atoms with Crippen LogP contribution in [0.3, 0.4) is 0 Å². The molecule has 3 heterocycles. The summed E-state index contributed by atoms with van der Waals surface area (Å²) in [6.45, 7) is 9.41. The van der Waals surface area contributed by atoms with Gasteiger partial charge in [0.25, 0.3) is 10.0 Å². The van der Waals surface area contributed by atoms with Gasteiger partial charge in [0.1, 0.15) is 10.3 Å². The average molecular weight is 414 g/mol. The van der Waals surface area contributed by atoms with Gasteiger partial charge in [-0.15, -0.1) is 11.3 Å². The second kappa shape index (κ2) is 8.59. The predicted molar refractivity (Wildman–Crippen MR) is 108 cm³/mol. The fourth-order valence-electron chi connectivity index (χ4n) is 4.08. The Labute approximate surface area is 167 Å². The quantitative estimate of drug-likeness (QED) is 0.778. The van der Waals surface area contributed by atoms with Gasteiger partial charge >= 0.3 is 0 Å². The number of aryl methyl sites for hydroxylation is 1. The van der Waals surface area contributed by atoms with Gasteiger partial charge in [-0.3, -0.25) is 9.69 Å². The Bertz CT molecular complexity index is 762. The molecule has 0 saturated carbocycles. The zero-order valence-corrected chi connectivity index (χ0v) is 18.1. The van der Waals surface area contributed by atoms with Gasteiger partial charge in [0.15, 0.2) is 0 Å². The maximum atomic E-state index is 12.9. The van der Waals surface area contributed by atoms with E-state index in [0.717, 1.165) is 24.4 Å². The largest absolute Gasteiger partial charge is 0.353 e. The highest BCUT2D eigenvalue weighted by molar-refractivity contribution is 7.91. The summed E-state index contributed by atoms with van der Waals surface area (Å²) in [6, 6.07) is 3.12. The second-order valence-corrected chi connectivity index (χ2v) is 11.4. The first-order valence-corrected chi connectivity index (χ1v) is 12.1. The predicted octanol–water partition coefficient (Wildman–Crippen LogP) is 2.45. The molecule has 0 aromatic carbocycles. The van der Waals surface area contributed by atoms with E-state index in [4.69, 9.17) is 0 Å². The zero-order valence-electron chi connectivity index (χ0n) is 16.5. The fraction of sp³-hybridized carbons (Fsp3) is 0.737. The van der Waals surface area contributed by atoms with Crippen LogP contribution in [0.15, 0.2) is 16.3 Å². The van der Waals surface area contributed by atoms with Gasteiger partial charge in [-0.2, -0.15) is 4.31 Å². The number of nitrogens with one attached hydrogen (secondary N) is 1. The van der Waals surface area contributed by atoms with Crippen molar-refractivity contribution in [1.29, 1.82) is 0 Å². The molecule has 1 aromatic rings. The Morgan fingerprint density at radius 1 is 1.30 bits per heavy atom. The van der Waals surface area contributed by atoms with Crippen LogP contribution in [0.4, 0.5) is 0 Å². The minimum absolute atomic E-state index is 0.165. The lowest BCUT2D eigenvalue weighted by Gasteiger charge is -2.35. The van der Waals surface area contributed by atoms with Crippen LogP contribution in [0.25, 0.3) is 0 Å². The minimum atomic E-state index is -3.60. The number of hydrogen-bond donors (Lipinski definition) is 1. The van der Waals surface area contributed by atoms with E-state index in [2.05, 4.69) is 24.1 Å². The van der Waals surface area contributed by atoms with Gasteiger partial charge in [-0.1, -0.05) is 6.92 Å². The van der Waals surface area contributed by atoms with Gasteiger partial charge in [0.2, 0.25) is 5.91 Å². The summed E-state index contributed by atoms with van der Waals surface area (Å²) in [7, 11) is -3.60. The van der Waals surface area contributed by atoms with E-state index in [1.165, 1.54) is 28.5 Å². The lowest BCUT2D eigenvalue weighted by Crippen LogP contribution is -2.50. The molecule has 0 bridgehead atoms. The van der Waals surface area contributed by atoms with Crippen LogP contribution in [-0.2, 0) is 14.8 Å². The van der Waals surface area contributed by atoms with E-state index in [0.29, 0.717) is 29.6 Å². The number of carbonyl (C=O) groups is 1. The first kappa shape index (κ1) is 20.8. The second-order valence-electron chi connectivity index (χ2n) is 7.98. The molecule has 0 radical (unpaired) electrons. The van der Waals surface area contributed by atoms with Crippen molar-refractivity contribution in [3.8, 4) is 0 Å². The van der Waals surface area contributed by atoms with Crippen LogP contribution in [0.5, 0.6) is 0 Å². The highest BCUT2D eigenvalue weighted by atomic mass is 32.2. The first-order chi connectivity index (χ1) is 12.8. The van der Waals surface area contributed by atoms with Crippen molar-refractivity contribution >= 4 is 27.3 Å². The number of thiophene rings is 1. The molecule has 2 saturated heterocycles. The fourth-order valence-corrected chi connectivity index (χ4v) is 7.15. The Balaban J connectivity index is 1.60. The first-order valence-electron chi connectivity index (χ1n) is 9.89. The van der Waals surface area contributed by atoms with Gasteiger partial charge in [0.05, 0.1) is 0 Å². The molecule has 3 rings (SSSR count). The molecule has 1 N–H and O–H groups in total. The van der Waals surface area contributed by atoms with Crippen LogP contribution in [-0.4, -0.2) is 61.8 Å². The molecule has 3 atom stereocenters. The van der Waals surface area contributed by atoms with Crippen molar-refractivity contribution in [2.75, 3.05) is 26.2 Å². The van der Waals surface area contributed by atoms with E-state index in [-0.39, 0.29) is 11.9 Å². The maximum absolute atomic E-state index is 12.9. The number of carbonyl (C=O) groups excluding carboxylic acids is 1. The van der Waals surface area contributed by atoms with Crippen LogP contribution in [0.2, 0.25) is 0 Å². The van der Waals surface area contributed by atoms with E-state index < -0.39 is 16.1 Å². The summed E-state index contributed by atoms with van der Waals surface area (Å²) in [6.07, 6.45) is 3.78. The monoisotopic (exact) mass is 413 g/mol. The molecule has 2 aliphatic heterocycles. The van der Waals surface area contributed by atoms with E-state index in [1.807, 2.05) is 13.0 Å². The third-order valence-corrected chi connectivity index (χ3v) is 9.04. The molecular weight excluding hydrogens is 382 g/mol. The summed E-state index contributed by atoms with van der Waals surface area (Å²) in [5.74, 6) is 0.530. The Kier molecular flexibility index (Phi) is 6.61. The number of nitrogens with zero attached hydrogens (tertiary/aromatic N) is 2. The molecule has 8 heteroatoms. The summed E-state index contributed by atoms with van der Waals surface area (Å²) >= 11 is 1.26. The van der Waals surface area contributed by atoms with Gasteiger partial charge in [-0.05, 0) is 64.1 Å². The Morgan fingerprint density at radius 3 is 2.70 bits per heavy atom. The van der Waals surface area contributed by atoms with Gasteiger partial charge in [-0.25, -0.2) is 8.42 Å². The van der Waals surface area contributed by atoms with Crippen molar-refractivity contribution in [1.82, 2.24) is 14.5 Å². The molecule has 152 valence electrons. The van der Waals surface area contributed by atoms with E-state index in [1.54, 1.807) is 6.07 Å². The SMILES string of the molecule is Cc1ccc(S(=O)(=O)N2CCCC2C(=O)NCC(C)N2CCCC(C)C2)s1. The molecule has 3 unspecified atom stereocenters. The minimum Gasteiger partial charge on any atom is -0.353 e. The van der Waals surface area contributed by atoms with Crippen molar-refractivity contribution in [3.05, 3.63) is 17.0 Å². The number of amides is 1. The van der Waals surface area contributed by atoms with Crippen LogP contribution in [0, 0.1) is 12.8 Å². The van der Waals surface area contributed by atoms with E-state index in [9.17, 15) is 13.2 Å². The van der Waals surface area contributed by atoms with Crippen molar-refractivity contribution in [2.45, 2.75) is 62.7 Å². The van der Waals surface area contributed by atoms with Crippen molar-refractivity contribution in [2.24, 2.45) is 5.92 Å². The van der Waals surface area contributed by atoms with Crippen LogP contribution in [0.1, 0.15) is 44.4 Å². The summed E-state index contributed by atoms with van der Waals surface area (Å²) < 4.78 is 27.6. The van der Waals surface area contributed by atoms with Crippen LogP contribution >= 0.6 is 11.3 Å². The molecule has 2 aliphatic rings. The summed E-state index contributed by atoms with van der Waals surface area (Å²) in [5, 5.41) is 3.01. The summed E-state index contributed by atoms with van der Waals surface area (Å²) in [4.78, 5) is 16.1. The maximum Gasteiger partial charge on any atom is 0.253 e. The van der Waals surface area contributed by atoms with E-state index >= 15 is 0 Å². The standard InChI is InChI=1S/C19H31N3O3S2/c1-14-6-4-10-21(13-14)15(2)12-20-19(23)17-7-5-11-22(17)27(24,25)18-9-8-16(3)26-18/h8-9,14-15,17H,4-7,10-13H2,1-3H3,(H,20,23). The smallest absolute Gasteiger partial charge is 0.253 e. The third kappa shape index (κ3) is 4.72. The van der Waals surface area contributed by atoms with Crippen molar-refractivity contribution < 1.29 is 13.2 Å². The molecular formula is C19H31N3O3S2. The number of rotatable bonds is 6. The topological polar surface area (TPSA) is 69.7 Å². The number of hydrogen-bond acceptors (Lipinski definition) is 5. The van der Waals surface area contributed by atoms with Crippen LogP contribution < -0.4 is 5.32 Å².